The van der Waals surface area contributed by atoms with Crippen molar-refractivity contribution < 1.29 is 19.2 Å². The van der Waals surface area contributed by atoms with Crippen molar-refractivity contribution in [2.24, 2.45) is 5.92 Å². The fraction of sp³-hybridized carbons (Fsp3) is 0.692. The number of carbonyl (C=O) groups excluding carboxylic acids is 4. The molecular formula is C13H24N4O4. The van der Waals surface area contributed by atoms with Crippen LogP contribution in [0.2, 0.25) is 0 Å². The topological polar surface area (TPSA) is 108 Å². The monoisotopic (exact) mass is 300 g/mol. The summed E-state index contributed by atoms with van der Waals surface area (Å²) in [6, 6.07) is 0. The summed E-state index contributed by atoms with van der Waals surface area (Å²) in [6.07, 6.45) is 0.0342. The molecule has 4 amide bonds. The maximum Gasteiger partial charge on any atom is 0.239 e. The second-order valence-electron chi connectivity index (χ2n) is 4.79. The van der Waals surface area contributed by atoms with E-state index in [2.05, 4.69) is 16.0 Å². The highest BCUT2D eigenvalue weighted by molar-refractivity contribution is 5.89. The predicted molar refractivity (Wildman–Crippen MR) is 77.2 cm³/mol. The number of rotatable bonds is 8. The number of hydrogen-bond acceptors (Lipinski definition) is 4. The highest BCUT2D eigenvalue weighted by Crippen LogP contribution is 1.96. The van der Waals surface area contributed by atoms with Gasteiger partial charge in [-0.25, -0.2) is 0 Å². The summed E-state index contributed by atoms with van der Waals surface area (Å²) >= 11 is 0. The SMILES string of the molecule is CNC(=O)CN(CC(=O)NC)C(=O)CCNC(=O)C(C)C. The zero-order chi connectivity index (χ0) is 16.4. The number of likely N-dealkylation sites (N-methyl/N-ethyl adjacent to an activating group) is 2. The van der Waals surface area contributed by atoms with Crippen molar-refractivity contribution in [3.63, 3.8) is 0 Å². The lowest BCUT2D eigenvalue weighted by Crippen LogP contribution is -2.45. The van der Waals surface area contributed by atoms with Crippen molar-refractivity contribution in [3.05, 3.63) is 0 Å². The van der Waals surface area contributed by atoms with E-state index < -0.39 is 0 Å². The maximum atomic E-state index is 12.0. The summed E-state index contributed by atoms with van der Waals surface area (Å²) in [7, 11) is 2.90. The van der Waals surface area contributed by atoms with Gasteiger partial charge in [0.1, 0.15) is 13.1 Å². The van der Waals surface area contributed by atoms with Gasteiger partial charge in [0.25, 0.3) is 0 Å². The van der Waals surface area contributed by atoms with Crippen molar-refractivity contribution >= 4 is 23.6 Å². The van der Waals surface area contributed by atoms with Crippen LogP contribution in [0.1, 0.15) is 20.3 Å². The van der Waals surface area contributed by atoms with E-state index in [9.17, 15) is 19.2 Å². The highest BCUT2D eigenvalue weighted by atomic mass is 16.2. The molecule has 0 aliphatic heterocycles. The molecule has 0 aromatic heterocycles. The molecule has 0 saturated heterocycles. The molecule has 0 spiro atoms. The van der Waals surface area contributed by atoms with Crippen LogP contribution >= 0.6 is 0 Å². The number of nitrogens with one attached hydrogen (secondary N) is 3. The Hall–Kier alpha value is -2.12. The van der Waals surface area contributed by atoms with Crippen molar-refractivity contribution in [2.75, 3.05) is 33.7 Å². The molecule has 3 N–H and O–H groups in total. The van der Waals surface area contributed by atoms with E-state index in [1.807, 2.05) is 0 Å². The van der Waals surface area contributed by atoms with E-state index >= 15 is 0 Å². The van der Waals surface area contributed by atoms with Gasteiger partial charge in [-0.2, -0.15) is 0 Å². The fourth-order valence-corrected chi connectivity index (χ4v) is 1.39. The number of hydrogen-bond donors (Lipinski definition) is 3. The van der Waals surface area contributed by atoms with Gasteiger partial charge < -0.3 is 20.9 Å². The summed E-state index contributed by atoms with van der Waals surface area (Å²) in [6.45, 7) is 3.29. The molecule has 0 heterocycles. The minimum absolute atomic E-state index is 0.0342. The van der Waals surface area contributed by atoms with Crippen LogP contribution in [0.5, 0.6) is 0 Å². The van der Waals surface area contributed by atoms with Crippen LogP contribution in [0.3, 0.4) is 0 Å². The van der Waals surface area contributed by atoms with Crippen LogP contribution in [-0.4, -0.2) is 62.3 Å². The molecule has 8 nitrogen and oxygen atoms in total. The van der Waals surface area contributed by atoms with Crippen molar-refractivity contribution in [1.82, 2.24) is 20.9 Å². The van der Waals surface area contributed by atoms with E-state index in [0.717, 1.165) is 4.90 Å². The van der Waals surface area contributed by atoms with Gasteiger partial charge in [0.15, 0.2) is 0 Å². The minimum atomic E-state index is -0.369. The van der Waals surface area contributed by atoms with Gasteiger partial charge in [-0.1, -0.05) is 13.8 Å². The molecule has 0 bridgehead atoms. The molecule has 0 aromatic rings. The predicted octanol–water partition coefficient (Wildman–Crippen LogP) is -1.53. The Morgan fingerprint density at radius 3 is 1.81 bits per heavy atom. The van der Waals surface area contributed by atoms with Gasteiger partial charge in [0.05, 0.1) is 0 Å². The van der Waals surface area contributed by atoms with Crippen LogP contribution < -0.4 is 16.0 Å². The van der Waals surface area contributed by atoms with Crippen molar-refractivity contribution in [1.29, 1.82) is 0 Å². The molecule has 8 heteroatoms. The molecule has 0 saturated carbocycles. The normalized spacial score (nSPS) is 9.95. The standard InChI is InChI=1S/C13H24N4O4/c1-9(2)13(21)16-6-5-12(20)17(7-10(18)14-3)8-11(19)15-4/h9H,5-8H2,1-4H3,(H,14,18)(H,15,19)(H,16,21). The first-order valence-corrected chi connectivity index (χ1v) is 6.78. The van der Waals surface area contributed by atoms with Crippen LogP contribution in [0, 0.1) is 5.92 Å². The first kappa shape index (κ1) is 18.9. The minimum Gasteiger partial charge on any atom is -0.358 e. The Morgan fingerprint density at radius 1 is 0.952 bits per heavy atom. The lowest BCUT2D eigenvalue weighted by molar-refractivity contribution is -0.139. The third-order valence-corrected chi connectivity index (χ3v) is 2.74. The molecule has 0 unspecified atom stereocenters. The summed E-state index contributed by atoms with van der Waals surface area (Å²) in [5.41, 5.74) is 0. The molecule has 21 heavy (non-hydrogen) atoms. The smallest absolute Gasteiger partial charge is 0.239 e. The molecule has 0 atom stereocenters. The third kappa shape index (κ3) is 7.91. The van der Waals surface area contributed by atoms with Crippen molar-refractivity contribution in [3.8, 4) is 0 Å². The Labute approximate surface area is 124 Å². The Kier molecular flexibility index (Phi) is 8.75. The van der Waals surface area contributed by atoms with E-state index in [4.69, 9.17) is 0 Å². The molecular weight excluding hydrogens is 276 g/mol. The van der Waals surface area contributed by atoms with Gasteiger partial charge in [0.2, 0.25) is 23.6 Å². The molecule has 0 aromatic carbocycles. The number of amides is 4. The van der Waals surface area contributed by atoms with Gasteiger partial charge in [-0.15, -0.1) is 0 Å². The van der Waals surface area contributed by atoms with Gasteiger partial charge >= 0.3 is 0 Å². The second-order valence-corrected chi connectivity index (χ2v) is 4.79. The molecule has 0 aliphatic rings. The molecule has 0 rings (SSSR count). The zero-order valence-electron chi connectivity index (χ0n) is 13.0. The lowest BCUT2D eigenvalue weighted by atomic mass is 10.2. The van der Waals surface area contributed by atoms with Crippen LogP contribution in [0.15, 0.2) is 0 Å². The van der Waals surface area contributed by atoms with Gasteiger partial charge in [0, 0.05) is 33.0 Å². The van der Waals surface area contributed by atoms with E-state index in [0.29, 0.717) is 0 Å². The largest absolute Gasteiger partial charge is 0.358 e. The summed E-state index contributed by atoms with van der Waals surface area (Å²) in [5, 5.41) is 7.41. The van der Waals surface area contributed by atoms with E-state index in [-0.39, 0.29) is 55.6 Å². The number of carbonyl (C=O) groups is 4. The Balaban J connectivity index is 4.46. The average Bonchev–Trinajstić information content (AvgIpc) is 2.45. The molecule has 0 fully saturated rings. The Bertz CT molecular complexity index is 378. The van der Waals surface area contributed by atoms with E-state index in [1.54, 1.807) is 13.8 Å². The zero-order valence-corrected chi connectivity index (χ0v) is 13.0. The maximum absolute atomic E-state index is 12.0. The van der Waals surface area contributed by atoms with Gasteiger partial charge in [-0.3, -0.25) is 19.2 Å². The van der Waals surface area contributed by atoms with Crippen molar-refractivity contribution in [2.45, 2.75) is 20.3 Å². The molecule has 0 aliphatic carbocycles. The van der Waals surface area contributed by atoms with Crippen LogP contribution in [0.4, 0.5) is 0 Å². The first-order chi connectivity index (χ1) is 9.81. The number of nitrogens with zero attached hydrogens (tertiary/aromatic N) is 1. The second kappa shape index (κ2) is 9.73. The van der Waals surface area contributed by atoms with Gasteiger partial charge in [-0.05, 0) is 0 Å². The third-order valence-electron chi connectivity index (χ3n) is 2.74. The molecule has 0 radical (unpaired) electrons. The lowest BCUT2D eigenvalue weighted by Gasteiger charge is -2.21. The first-order valence-electron chi connectivity index (χ1n) is 6.78. The summed E-state index contributed by atoms with van der Waals surface area (Å²) in [5.74, 6) is -1.40. The fourth-order valence-electron chi connectivity index (χ4n) is 1.39. The quantitative estimate of drug-likeness (QED) is 0.505. The highest BCUT2D eigenvalue weighted by Gasteiger charge is 2.19. The Morgan fingerprint density at radius 2 is 1.43 bits per heavy atom. The summed E-state index contributed by atoms with van der Waals surface area (Å²) in [4.78, 5) is 47.3. The van der Waals surface area contributed by atoms with Crippen LogP contribution in [0.25, 0.3) is 0 Å². The van der Waals surface area contributed by atoms with Crippen LogP contribution in [-0.2, 0) is 19.2 Å². The average molecular weight is 300 g/mol. The van der Waals surface area contributed by atoms with E-state index in [1.165, 1.54) is 14.1 Å². The summed E-state index contributed by atoms with van der Waals surface area (Å²) < 4.78 is 0. The molecule has 120 valence electrons.